The maximum atomic E-state index is 13.2. The van der Waals surface area contributed by atoms with Gasteiger partial charge in [0, 0.05) is 29.6 Å². The highest BCUT2D eigenvalue weighted by molar-refractivity contribution is 5.99. The molecule has 0 spiro atoms. The first kappa shape index (κ1) is 25.4. The first-order valence-electron chi connectivity index (χ1n) is 12.0. The van der Waals surface area contributed by atoms with E-state index in [2.05, 4.69) is 11.9 Å². The number of methoxy groups -OCH3 is 1. The lowest BCUT2D eigenvalue weighted by molar-refractivity contribution is -0.116. The first-order valence-corrected chi connectivity index (χ1v) is 12.0. The summed E-state index contributed by atoms with van der Waals surface area (Å²) in [4.78, 5) is 32.5. The van der Waals surface area contributed by atoms with Crippen LogP contribution in [0, 0.1) is 13.8 Å². The maximum Gasteiger partial charge on any atom is 0.254 e. The molecule has 0 aliphatic carbocycles. The summed E-state index contributed by atoms with van der Waals surface area (Å²) in [7, 11) is 1.54. The van der Waals surface area contributed by atoms with E-state index < -0.39 is 0 Å². The molecule has 7 heteroatoms. The van der Waals surface area contributed by atoms with Gasteiger partial charge < -0.3 is 9.64 Å². The largest absolute Gasteiger partial charge is 0.497 e. The number of imidazole rings is 1. The highest BCUT2D eigenvalue weighted by atomic mass is 16.5. The average molecular weight is 495 g/mol. The number of rotatable bonds is 9. The molecule has 0 saturated heterocycles. The number of hydrogen-bond donors (Lipinski definition) is 1. The van der Waals surface area contributed by atoms with E-state index in [1.54, 1.807) is 37.5 Å². The van der Waals surface area contributed by atoms with Gasteiger partial charge in [-0.15, -0.1) is 6.58 Å². The topological polar surface area (TPSA) is 76.5 Å². The van der Waals surface area contributed by atoms with Crippen LogP contribution in [0.25, 0.3) is 16.9 Å². The van der Waals surface area contributed by atoms with Crippen molar-refractivity contribution >= 4 is 17.8 Å². The fourth-order valence-electron chi connectivity index (χ4n) is 3.89. The van der Waals surface area contributed by atoms with Crippen LogP contribution >= 0.6 is 0 Å². The van der Waals surface area contributed by atoms with Crippen molar-refractivity contribution < 1.29 is 14.3 Å². The Balaban J connectivity index is 1.60. The standard InChI is InChI=1S/C30H30N4O3/c1-5-17-33(29(36)24-7-6-8-26(18-24)37-4)20-28(35)32-30-31-27(23-13-9-21(2)10-14-23)19-34(30)25-15-11-22(3)12-16-25/h5-16,18-19H,1,17,20H2,2-4H3,(H,31,32,35). The zero-order chi connectivity index (χ0) is 26.4. The molecule has 0 aliphatic rings. The molecule has 0 bridgehead atoms. The molecule has 3 aromatic carbocycles. The molecule has 1 N–H and O–H groups in total. The lowest BCUT2D eigenvalue weighted by Crippen LogP contribution is -2.38. The Bertz CT molecular complexity index is 1410. The third kappa shape index (κ3) is 6.13. The zero-order valence-electron chi connectivity index (χ0n) is 21.3. The van der Waals surface area contributed by atoms with Gasteiger partial charge in [-0.2, -0.15) is 0 Å². The minimum absolute atomic E-state index is 0.164. The van der Waals surface area contributed by atoms with Gasteiger partial charge in [0.1, 0.15) is 12.3 Å². The molecule has 2 amide bonds. The summed E-state index contributed by atoms with van der Waals surface area (Å²) in [5, 5.41) is 2.90. The van der Waals surface area contributed by atoms with Crippen LogP contribution in [0.2, 0.25) is 0 Å². The van der Waals surface area contributed by atoms with Crippen molar-refractivity contribution in [3.63, 3.8) is 0 Å². The number of nitrogens with zero attached hydrogens (tertiary/aromatic N) is 3. The predicted molar refractivity (Wildman–Crippen MR) is 146 cm³/mol. The Labute approximate surface area is 217 Å². The fraction of sp³-hybridized carbons (Fsp3) is 0.167. The van der Waals surface area contributed by atoms with E-state index in [1.807, 2.05) is 73.1 Å². The van der Waals surface area contributed by atoms with Gasteiger partial charge in [-0.05, 0) is 44.2 Å². The van der Waals surface area contributed by atoms with E-state index in [-0.39, 0.29) is 24.9 Å². The van der Waals surface area contributed by atoms with Gasteiger partial charge >= 0.3 is 0 Å². The number of benzene rings is 3. The Morgan fingerprint density at radius 2 is 1.70 bits per heavy atom. The van der Waals surface area contributed by atoms with Crippen LogP contribution in [-0.2, 0) is 4.79 Å². The van der Waals surface area contributed by atoms with Gasteiger partial charge in [-0.3, -0.25) is 19.5 Å². The first-order chi connectivity index (χ1) is 17.9. The van der Waals surface area contributed by atoms with Crippen molar-refractivity contribution in [1.29, 1.82) is 0 Å². The van der Waals surface area contributed by atoms with E-state index >= 15 is 0 Å². The number of carbonyl (C=O) groups is 2. The van der Waals surface area contributed by atoms with Gasteiger partial charge in [-0.25, -0.2) is 4.98 Å². The van der Waals surface area contributed by atoms with Crippen molar-refractivity contribution in [2.45, 2.75) is 13.8 Å². The number of anilines is 1. The van der Waals surface area contributed by atoms with Crippen LogP contribution in [0.4, 0.5) is 5.95 Å². The molecule has 1 heterocycles. The normalized spacial score (nSPS) is 10.6. The fourth-order valence-corrected chi connectivity index (χ4v) is 3.89. The molecule has 0 aliphatic heterocycles. The molecule has 1 aromatic heterocycles. The minimum Gasteiger partial charge on any atom is -0.497 e. The quantitative estimate of drug-likeness (QED) is 0.315. The minimum atomic E-state index is -0.368. The molecule has 0 radical (unpaired) electrons. The number of amides is 2. The lowest BCUT2D eigenvalue weighted by atomic mass is 10.1. The second kappa shape index (κ2) is 11.4. The Hall–Kier alpha value is -4.65. The van der Waals surface area contributed by atoms with Crippen LogP contribution in [0.3, 0.4) is 0 Å². The molecule has 0 unspecified atom stereocenters. The van der Waals surface area contributed by atoms with Gasteiger partial charge in [0.15, 0.2) is 0 Å². The molecule has 37 heavy (non-hydrogen) atoms. The molecule has 7 nitrogen and oxygen atoms in total. The van der Waals surface area contributed by atoms with Gasteiger partial charge in [0.2, 0.25) is 11.9 Å². The second-order valence-corrected chi connectivity index (χ2v) is 8.78. The number of aromatic nitrogens is 2. The van der Waals surface area contributed by atoms with E-state index in [9.17, 15) is 9.59 Å². The van der Waals surface area contributed by atoms with E-state index in [0.717, 1.165) is 28.1 Å². The number of carbonyl (C=O) groups excluding carboxylic acids is 2. The summed E-state index contributed by atoms with van der Waals surface area (Å²) in [6.07, 6.45) is 3.49. The summed E-state index contributed by atoms with van der Waals surface area (Å²) >= 11 is 0. The van der Waals surface area contributed by atoms with Crippen molar-refractivity contribution in [3.8, 4) is 22.7 Å². The molecule has 4 rings (SSSR count). The Morgan fingerprint density at radius 3 is 2.35 bits per heavy atom. The second-order valence-electron chi connectivity index (χ2n) is 8.78. The van der Waals surface area contributed by atoms with Gasteiger partial charge in [-0.1, -0.05) is 59.7 Å². The number of nitrogens with one attached hydrogen (secondary N) is 1. The summed E-state index contributed by atoms with van der Waals surface area (Å²) in [6.45, 7) is 7.84. The summed E-state index contributed by atoms with van der Waals surface area (Å²) < 4.78 is 7.07. The zero-order valence-corrected chi connectivity index (χ0v) is 21.3. The predicted octanol–water partition coefficient (Wildman–Crippen LogP) is 5.43. The Kier molecular flexibility index (Phi) is 7.83. The van der Waals surface area contributed by atoms with Gasteiger partial charge in [0.25, 0.3) is 5.91 Å². The van der Waals surface area contributed by atoms with E-state index in [4.69, 9.17) is 9.72 Å². The average Bonchev–Trinajstić information content (AvgIpc) is 3.32. The summed E-state index contributed by atoms with van der Waals surface area (Å²) in [5.74, 6) is 0.276. The molecule has 0 atom stereocenters. The highest BCUT2D eigenvalue weighted by Crippen LogP contribution is 2.25. The van der Waals surface area contributed by atoms with Gasteiger partial charge in [0.05, 0.1) is 12.8 Å². The third-order valence-corrected chi connectivity index (χ3v) is 5.90. The van der Waals surface area contributed by atoms with E-state index in [0.29, 0.717) is 17.3 Å². The van der Waals surface area contributed by atoms with Crippen LogP contribution in [0.5, 0.6) is 5.75 Å². The molecule has 188 valence electrons. The number of ether oxygens (including phenoxy) is 1. The molecule has 0 fully saturated rings. The smallest absolute Gasteiger partial charge is 0.254 e. The van der Waals surface area contributed by atoms with Crippen molar-refractivity contribution in [2.75, 3.05) is 25.5 Å². The SMILES string of the molecule is C=CCN(CC(=O)Nc1nc(-c2ccc(C)cc2)cn1-c1ccc(C)cc1)C(=O)c1cccc(OC)c1. The molecule has 4 aromatic rings. The number of aryl methyl sites for hydroxylation is 2. The van der Waals surface area contributed by atoms with Crippen LogP contribution in [-0.4, -0.2) is 46.5 Å². The Morgan fingerprint density at radius 1 is 1.03 bits per heavy atom. The summed E-state index contributed by atoms with van der Waals surface area (Å²) in [5.41, 5.74) is 5.24. The third-order valence-electron chi connectivity index (χ3n) is 5.90. The van der Waals surface area contributed by atoms with Crippen LogP contribution < -0.4 is 10.1 Å². The number of hydrogen-bond acceptors (Lipinski definition) is 4. The van der Waals surface area contributed by atoms with Crippen molar-refractivity contribution in [2.24, 2.45) is 0 Å². The van der Waals surface area contributed by atoms with Crippen molar-refractivity contribution in [3.05, 3.63) is 108 Å². The van der Waals surface area contributed by atoms with Crippen molar-refractivity contribution in [1.82, 2.24) is 14.5 Å². The summed E-state index contributed by atoms with van der Waals surface area (Å²) in [6, 6.07) is 22.8. The lowest BCUT2D eigenvalue weighted by Gasteiger charge is -2.21. The van der Waals surface area contributed by atoms with E-state index in [1.165, 1.54) is 4.90 Å². The van der Waals surface area contributed by atoms with Crippen LogP contribution in [0.15, 0.2) is 91.6 Å². The maximum absolute atomic E-state index is 13.2. The molecular formula is C30H30N4O3. The highest BCUT2D eigenvalue weighted by Gasteiger charge is 2.20. The monoisotopic (exact) mass is 494 g/mol. The molecular weight excluding hydrogens is 464 g/mol. The van der Waals surface area contributed by atoms with Crippen LogP contribution in [0.1, 0.15) is 21.5 Å². The molecule has 0 saturated carbocycles.